The number of benzene rings is 1. The van der Waals surface area contributed by atoms with Gasteiger partial charge in [0.2, 0.25) is 0 Å². The smallest absolute Gasteiger partial charge is 0.161 e. The summed E-state index contributed by atoms with van der Waals surface area (Å²) in [5, 5.41) is 3.38. The molecule has 1 N–H and O–H groups in total. The predicted octanol–water partition coefficient (Wildman–Crippen LogP) is 1.58. The summed E-state index contributed by atoms with van der Waals surface area (Å²) in [6.07, 6.45) is 0. The van der Waals surface area contributed by atoms with Crippen LogP contribution in [-0.2, 0) is 5.54 Å². The molecule has 1 fully saturated rings. The summed E-state index contributed by atoms with van der Waals surface area (Å²) in [4.78, 5) is 0. The Labute approximate surface area is 89.4 Å². The Balaban J connectivity index is 2.08. The van der Waals surface area contributed by atoms with E-state index < -0.39 is 0 Å². The van der Waals surface area contributed by atoms with Gasteiger partial charge in [0.25, 0.3) is 0 Å². The van der Waals surface area contributed by atoms with Gasteiger partial charge in [-0.05, 0) is 37.1 Å². The quantitative estimate of drug-likeness (QED) is 0.708. The number of rotatable bonds is 1. The summed E-state index contributed by atoms with van der Waals surface area (Å²) in [5.74, 6) is 1.77. The van der Waals surface area contributed by atoms with Gasteiger partial charge < -0.3 is 14.8 Å². The van der Waals surface area contributed by atoms with Crippen LogP contribution < -0.4 is 14.8 Å². The molecule has 0 saturated carbocycles. The molecule has 1 aromatic rings. The number of nitrogens with one attached hydrogen (secondary N) is 1. The molecule has 1 unspecified atom stereocenters. The van der Waals surface area contributed by atoms with Crippen LogP contribution in [0.3, 0.4) is 0 Å². The van der Waals surface area contributed by atoms with Crippen LogP contribution in [0.4, 0.5) is 0 Å². The van der Waals surface area contributed by atoms with Crippen molar-refractivity contribution in [3.63, 3.8) is 0 Å². The van der Waals surface area contributed by atoms with Crippen molar-refractivity contribution in [2.24, 2.45) is 0 Å². The first-order valence-corrected chi connectivity index (χ1v) is 5.35. The Kier molecular flexibility index (Phi) is 1.74. The van der Waals surface area contributed by atoms with Gasteiger partial charge >= 0.3 is 0 Å². The monoisotopic (exact) mass is 205 g/mol. The minimum Gasteiger partial charge on any atom is -0.486 e. The standard InChI is InChI=1S/C12H15NO2/c1-8-5-10-11(15-4-3-14-10)6-9(8)12(2)7-13-12/h5-6,13H,3-4,7H2,1-2H3. The van der Waals surface area contributed by atoms with Gasteiger partial charge in [0.1, 0.15) is 13.2 Å². The van der Waals surface area contributed by atoms with Crippen LogP contribution in [0.5, 0.6) is 11.5 Å². The van der Waals surface area contributed by atoms with Crippen molar-refractivity contribution in [2.45, 2.75) is 19.4 Å². The zero-order chi connectivity index (χ0) is 10.5. The molecule has 15 heavy (non-hydrogen) atoms. The van der Waals surface area contributed by atoms with E-state index in [1.54, 1.807) is 0 Å². The predicted molar refractivity (Wildman–Crippen MR) is 57.5 cm³/mol. The summed E-state index contributed by atoms with van der Waals surface area (Å²) in [7, 11) is 0. The maximum atomic E-state index is 5.59. The molecule has 1 aromatic carbocycles. The molecule has 2 aliphatic rings. The molecule has 3 heteroatoms. The maximum Gasteiger partial charge on any atom is 0.161 e. The lowest BCUT2D eigenvalue weighted by Crippen LogP contribution is -2.17. The van der Waals surface area contributed by atoms with Crippen LogP contribution in [0.2, 0.25) is 0 Å². The van der Waals surface area contributed by atoms with Crippen LogP contribution >= 0.6 is 0 Å². The third-order valence-electron chi connectivity index (χ3n) is 3.19. The van der Waals surface area contributed by atoms with Crippen molar-refractivity contribution in [3.8, 4) is 11.5 Å². The number of hydrogen-bond donors (Lipinski definition) is 1. The molecule has 0 aliphatic carbocycles. The van der Waals surface area contributed by atoms with Crippen molar-refractivity contribution < 1.29 is 9.47 Å². The zero-order valence-electron chi connectivity index (χ0n) is 9.09. The fraction of sp³-hybridized carbons (Fsp3) is 0.500. The molecule has 0 radical (unpaired) electrons. The Bertz CT molecular complexity index is 410. The second-order valence-corrected chi connectivity index (χ2v) is 4.50. The molecule has 80 valence electrons. The summed E-state index contributed by atoms with van der Waals surface area (Å²) in [6.45, 7) is 6.69. The molecule has 0 amide bonds. The molecule has 0 bridgehead atoms. The minimum absolute atomic E-state index is 0.153. The first-order valence-electron chi connectivity index (χ1n) is 5.35. The highest BCUT2D eigenvalue weighted by molar-refractivity contribution is 5.51. The van der Waals surface area contributed by atoms with Gasteiger partial charge in [-0.3, -0.25) is 0 Å². The molecule has 3 rings (SSSR count). The van der Waals surface area contributed by atoms with Gasteiger partial charge in [0.15, 0.2) is 11.5 Å². The third kappa shape index (κ3) is 1.38. The second-order valence-electron chi connectivity index (χ2n) is 4.50. The zero-order valence-corrected chi connectivity index (χ0v) is 9.09. The van der Waals surface area contributed by atoms with E-state index in [1.165, 1.54) is 11.1 Å². The van der Waals surface area contributed by atoms with Crippen molar-refractivity contribution in [3.05, 3.63) is 23.3 Å². The average molecular weight is 205 g/mol. The lowest BCUT2D eigenvalue weighted by molar-refractivity contribution is 0.171. The summed E-state index contributed by atoms with van der Waals surface area (Å²) in [6, 6.07) is 4.19. The molecule has 2 aliphatic heterocycles. The molecule has 1 saturated heterocycles. The van der Waals surface area contributed by atoms with Crippen molar-refractivity contribution in [1.29, 1.82) is 0 Å². The van der Waals surface area contributed by atoms with Crippen LogP contribution in [-0.4, -0.2) is 19.8 Å². The summed E-state index contributed by atoms with van der Waals surface area (Å²) < 4.78 is 11.1. The highest BCUT2D eigenvalue weighted by atomic mass is 16.6. The normalized spacial score (nSPS) is 27.6. The van der Waals surface area contributed by atoms with Crippen LogP contribution in [0.1, 0.15) is 18.1 Å². The van der Waals surface area contributed by atoms with Gasteiger partial charge in [-0.25, -0.2) is 0 Å². The van der Waals surface area contributed by atoms with Crippen LogP contribution in [0.25, 0.3) is 0 Å². The van der Waals surface area contributed by atoms with Gasteiger partial charge in [0.05, 0.1) is 5.54 Å². The topological polar surface area (TPSA) is 40.4 Å². The highest BCUT2D eigenvalue weighted by Gasteiger charge is 2.40. The first kappa shape index (κ1) is 9.04. The third-order valence-corrected chi connectivity index (χ3v) is 3.19. The average Bonchev–Trinajstić information content (AvgIpc) is 2.96. The van der Waals surface area contributed by atoms with Crippen LogP contribution in [0, 0.1) is 6.92 Å². The van der Waals surface area contributed by atoms with Crippen molar-refractivity contribution in [2.75, 3.05) is 19.8 Å². The Hall–Kier alpha value is -1.22. The van der Waals surface area contributed by atoms with Gasteiger partial charge in [-0.15, -0.1) is 0 Å². The minimum atomic E-state index is 0.153. The van der Waals surface area contributed by atoms with E-state index in [1.807, 2.05) is 0 Å². The fourth-order valence-electron chi connectivity index (χ4n) is 2.11. The number of aryl methyl sites for hydroxylation is 1. The van der Waals surface area contributed by atoms with Crippen molar-refractivity contribution >= 4 is 0 Å². The van der Waals surface area contributed by atoms with Crippen LogP contribution in [0.15, 0.2) is 12.1 Å². The van der Waals surface area contributed by atoms with E-state index in [0.717, 1.165) is 18.0 Å². The van der Waals surface area contributed by atoms with E-state index in [9.17, 15) is 0 Å². The fourth-order valence-corrected chi connectivity index (χ4v) is 2.11. The number of ether oxygens (including phenoxy) is 2. The van der Waals surface area contributed by atoms with E-state index >= 15 is 0 Å². The molecule has 2 heterocycles. The highest BCUT2D eigenvalue weighted by Crippen LogP contribution is 2.40. The van der Waals surface area contributed by atoms with E-state index in [2.05, 4.69) is 31.3 Å². The van der Waals surface area contributed by atoms with Gasteiger partial charge in [-0.2, -0.15) is 0 Å². The largest absolute Gasteiger partial charge is 0.486 e. The first-order chi connectivity index (χ1) is 7.19. The number of fused-ring (bicyclic) bond motifs is 1. The van der Waals surface area contributed by atoms with E-state index in [0.29, 0.717) is 13.2 Å². The Morgan fingerprint density at radius 3 is 2.40 bits per heavy atom. The lowest BCUT2D eigenvalue weighted by atomic mass is 9.95. The molecule has 3 nitrogen and oxygen atoms in total. The Morgan fingerprint density at radius 2 is 1.80 bits per heavy atom. The van der Waals surface area contributed by atoms with Gasteiger partial charge in [0, 0.05) is 6.54 Å². The molecule has 1 atom stereocenters. The summed E-state index contributed by atoms with van der Waals surface area (Å²) in [5.41, 5.74) is 2.75. The maximum absolute atomic E-state index is 5.59. The second kappa shape index (κ2) is 2.89. The molecular formula is C12H15NO2. The molecular weight excluding hydrogens is 190 g/mol. The summed E-state index contributed by atoms with van der Waals surface area (Å²) >= 11 is 0. The number of hydrogen-bond acceptors (Lipinski definition) is 3. The lowest BCUT2D eigenvalue weighted by Gasteiger charge is -2.21. The van der Waals surface area contributed by atoms with Crippen molar-refractivity contribution in [1.82, 2.24) is 5.32 Å². The SMILES string of the molecule is Cc1cc2c(cc1C1(C)CN1)OCCO2. The Morgan fingerprint density at radius 1 is 1.20 bits per heavy atom. The molecule has 0 spiro atoms. The van der Waals surface area contributed by atoms with E-state index in [-0.39, 0.29) is 5.54 Å². The van der Waals surface area contributed by atoms with E-state index in [4.69, 9.17) is 9.47 Å². The van der Waals surface area contributed by atoms with Gasteiger partial charge in [-0.1, -0.05) is 0 Å². The molecule has 0 aromatic heterocycles.